The van der Waals surface area contributed by atoms with Crippen LogP contribution < -0.4 is 0 Å². The molecule has 1 nitrogen and oxygen atoms in total. The van der Waals surface area contributed by atoms with E-state index in [2.05, 4.69) is 47.6 Å². The Kier molecular flexibility index (Phi) is 2.05. The first-order valence-electron chi connectivity index (χ1n) is 9.20. The van der Waals surface area contributed by atoms with Gasteiger partial charge in [0, 0.05) is 10.8 Å². The molecule has 4 bridgehead atoms. The van der Waals surface area contributed by atoms with Gasteiger partial charge in [0.05, 0.1) is 11.4 Å². The largest absolute Gasteiger partial charge is 0.256 e. The van der Waals surface area contributed by atoms with Crippen LogP contribution >= 0.6 is 0 Å². The lowest BCUT2D eigenvalue weighted by atomic mass is 9.69. The molecule has 0 saturated heterocycles. The molecule has 22 heavy (non-hydrogen) atoms. The maximum Gasteiger partial charge on any atom is 0.0506 e. The number of fused-ring (bicyclic) bond motifs is 10. The van der Waals surface area contributed by atoms with Crippen LogP contribution in [-0.4, -0.2) is 4.98 Å². The molecular weight excluding hydrogens is 266 g/mol. The second-order valence-electron chi connectivity index (χ2n) is 10.2. The van der Waals surface area contributed by atoms with Crippen molar-refractivity contribution in [2.45, 2.75) is 89.9 Å². The zero-order chi connectivity index (χ0) is 15.7. The van der Waals surface area contributed by atoms with Gasteiger partial charge in [-0.3, -0.25) is 4.98 Å². The first kappa shape index (κ1) is 13.6. The van der Waals surface area contributed by atoms with Gasteiger partial charge in [-0.1, -0.05) is 47.6 Å². The minimum atomic E-state index is 0.296. The molecule has 2 fully saturated rings. The Hall–Kier alpha value is -0.850. The molecule has 4 atom stereocenters. The maximum atomic E-state index is 5.43. The van der Waals surface area contributed by atoms with Crippen molar-refractivity contribution in [1.29, 1.82) is 0 Å². The number of aromatic nitrogens is 1. The van der Waals surface area contributed by atoms with E-state index in [1.54, 1.807) is 11.1 Å². The summed E-state index contributed by atoms with van der Waals surface area (Å²) in [7, 11) is 0. The van der Waals surface area contributed by atoms with Crippen molar-refractivity contribution < 1.29 is 0 Å². The summed E-state index contributed by atoms with van der Waals surface area (Å²) in [5.41, 5.74) is 7.53. The summed E-state index contributed by atoms with van der Waals surface area (Å²) < 4.78 is 0. The molecule has 1 heteroatoms. The highest BCUT2D eigenvalue weighted by Gasteiger charge is 2.64. The molecule has 0 unspecified atom stereocenters. The Morgan fingerprint density at radius 2 is 1.18 bits per heavy atom. The Morgan fingerprint density at radius 3 is 1.59 bits per heavy atom. The summed E-state index contributed by atoms with van der Waals surface area (Å²) in [4.78, 5) is 5.43. The summed E-state index contributed by atoms with van der Waals surface area (Å²) in [5.74, 6) is 1.47. The number of nitrogens with zero attached hydrogens (tertiary/aromatic N) is 1. The lowest BCUT2D eigenvalue weighted by Crippen LogP contribution is -2.34. The Labute approximate surface area is 134 Å². The molecule has 4 aliphatic rings. The lowest BCUT2D eigenvalue weighted by molar-refractivity contribution is 0.218. The van der Waals surface area contributed by atoms with Gasteiger partial charge in [0.15, 0.2) is 0 Å². The third-order valence-electron chi connectivity index (χ3n) is 9.33. The van der Waals surface area contributed by atoms with Gasteiger partial charge in [0.25, 0.3) is 0 Å². The maximum absolute atomic E-state index is 5.43. The van der Waals surface area contributed by atoms with Crippen LogP contribution in [0.5, 0.6) is 0 Å². The zero-order valence-electron chi connectivity index (χ0n) is 15.0. The molecule has 0 radical (unpaired) electrons. The van der Waals surface area contributed by atoms with Crippen LogP contribution in [0.2, 0.25) is 0 Å². The van der Waals surface area contributed by atoms with E-state index in [1.165, 1.54) is 37.1 Å². The Bertz CT molecular complexity index is 656. The van der Waals surface area contributed by atoms with Crippen LogP contribution in [0.25, 0.3) is 0 Å². The van der Waals surface area contributed by atoms with Crippen LogP contribution in [0.15, 0.2) is 6.07 Å². The third-order valence-corrected chi connectivity index (χ3v) is 9.33. The van der Waals surface area contributed by atoms with Crippen molar-refractivity contribution in [1.82, 2.24) is 4.98 Å². The van der Waals surface area contributed by atoms with E-state index in [-0.39, 0.29) is 0 Å². The molecule has 1 aromatic heterocycles. The first-order chi connectivity index (χ1) is 10.1. The third kappa shape index (κ3) is 1.06. The predicted octanol–water partition coefficient (Wildman–Crippen LogP) is 5.43. The molecule has 5 rings (SSSR count). The Balaban J connectivity index is 1.80. The minimum Gasteiger partial charge on any atom is -0.256 e. The predicted molar refractivity (Wildman–Crippen MR) is 90.5 cm³/mol. The second-order valence-corrected chi connectivity index (χ2v) is 10.2. The lowest BCUT2D eigenvalue weighted by Gasteiger charge is -2.36. The molecule has 0 amide bonds. The monoisotopic (exact) mass is 295 g/mol. The van der Waals surface area contributed by atoms with E-state index in [0.717, 1.165) is 11.8 Å². The molecule has 4 aliphatic carbocycles. The van der Waals surface area contributed by atoms with Crippen LogP contribution in [0.4, 0.5) is 0 Å². The van der Waals surface area contributed by atoms with Gasteiger partial charge < -0.3 is 0 Å². The second kappa shape index (κ2) is 3.32. The highest BCUT2D eigenvalue weighted by Crippen LogP contribution is 2.71. The van der Waals surface area contributed by atoms with Gasteiger partial charge in [0.2, 0.25) is 0 Å². The summed E-state index contributed by atoms with van der Waals surface area (Å²) in [6.07, 6.45) is 5.38. The number of hydrogen-bond acceptors (Lipinski definition) is 1. The van der Waals surface area contributed by atoms with E-state index in [4.69, 9.17) is 4.98 Å². The average molecular weight is 295 g/mol. The van der Waals surface area contributed by atoms with Gasteiger partial charge in [-0.2, -0.15) is 0 Å². The van der Waals surface area contributed by atoms with Crippen molar-refractivity contribution in [2.24, 2.45) is 10.8 Å². The number of hydrogen-bond donors (Lipinski definition) is 0. The fourth-order valence-electron chi connectivity index (χ4n) is 6.90. The Morgan fingerprint density at radius 1 is 0.773 bits per heavy atom. The average Bonchev–Trinajstić information content (AvgIpc) is 2.94. The standard InChI is InChI=1S/C21H29N/c1-18(2)14-7-9-20(18,5)16-12(14)11-13-15-8-10-21(6,17(13)22-16)19(15,3)4/h11,14-15H,7-10H2,1-6H3/t14-,15-,20+,21+/m1/s1. The molecule has 1 aromatic rings. The van der Waals surface area contributed by atoms with E-state index in [1.807, 2.05) is 0 Å². The minimum absolute atomic E-state index is 0.296. The fraction of sp³-hybridized carbons (Fsp3) is 0.762. The molecule has 118 valence electrons. The van der Waals surface area contributed by atoms with Crippen LogP contribution in [0, 0.1) is 10.8 Å². The SMILES string of the molecule is CC1(C)[C@@H]2CC[C@@]1(C)c1nc3c(cc12)[C@H]1CC[C@]3(C)C1(C)C. The first-order valence-corrected chi connectivity index (χ1v) is 9.20. The zero-order valence-corrected chi connectivity index (χ0v) is 15.0. The molecule has 1 heterocycles. The summed E-state index contributed by atoms with van der Waals surface area (Å²) >= 11 is 0. The van der Waals surface area contributed by atoms with Crippen molar-refractivity contribution in [3.05, 3.63) is 28.6 Å². The van der Waals surface area contributed by atoms with Crippen LogP contribution in [0.3, 0.4) is 0 Å². The van der Waals surface area contributed by atoms with Crippen molar-refractivity contribution in [3.8, 4) is 0 Å². The van der Waals surface area contributed by atoms with Crippen molar-refractivity contribution >= 4 is 0 Å². The normalized spacial score (nSPS) is 45.2. The molecule has 0 N–H and O–H groups in total. The van der Waals surface area contributed by atoms with Crippen molar-refractivity contribution in [3.63, 3.8) is 0 Å². The summed E-state index contributed by atoms with van der Waals surface area (Å²) in [6, 6.07) is 2.62. The van der Waals surface area contributed by atoms with Gasteiger partial charge >= 0.3 is 0 Å². The van der Waals surface area contributed by atoms with Crippen molar-refractivity contribution in [2.75, 3.05) is 0 Å². The topological polar surface area (TPSA) is 12.9 Å². The fourth-order valence-corrected chi connectivity index (χ4v) is 6.90. The van der Waals surface area contributed by atoms with E-state index < -0.39 is 0 Å². The van der Waals surface area contributed by atoms with Crippen LogP contribution in [-0.2, 0) is 10.8 Å². The summed E-state index contributed by atoms with van der Waals surface area (Å²) in [5, 5.41) is 0. The van der Waals surface area contributed by atoms with Gasteiger partial charge in [-0.25, -0.2) is 0 Å². The number of pyridine rings is 1. The smallest absolute Gasteiger partial charge is 0.0506 e. The summed E-state index contributed by atoms with van der Waals surface area (Å²) in [6.45, 7) is 14.9. The molecular formula is C21H29N. The van der Waals surface area contributed by atoms with Gasteiger partial charge in [-0.05, 0) is 59.5 Å². The molecule has 0 spiro atoms. The highest BCUT2D eigenvalue weighted by atomic mass is 14.9. The molecule has 2 saturated carbocycles. The van der Waals surface area contributed by atoms with E-state index in [0.29, 0.717) is 21.7 Å². The molecule has 0 aliphatic heterocycles. The number of rotatable bonds is 0. The molecule has 0 aromatic carbocycles. The van der Waals surface area contributed by atoms with Crippen LogP contribution in [0.1, 0.15) is 102 Å². The highest BCUT2D eigenvalue weighted by molar-refractivity contribution is 5.54. The van der Waals surface area contributed by atoms with E-state index in [9.17, 15) is 0 Å². The van der Waals surface area contributed by atoms with E-state index >= 15 is 0 Å². The quantitative estimate of drug-likeness (QED) is 0.622. The van der Waals surface area contributed by atoms with Gasteiger partial charge in [0.1, 0.15) is 0 Å². The van der Waals surface area contributed by atoms with Gasteiger partial charge in [-0.15, -0.1) is 0 Å².